The predicted molar refractivity (Wildman–Crippen MR) is 161 cm³/mol. The van der Waals surface area contributed by atoms with Crippen LogP contribution >= 0.6 is 23.2 Å². The zero-order valence-electron chi connectivity index (χ0n) is 23.2. The van der Waals surface area contributed by atoms with Gasteiger partial charge in [-0.3, -0.25) is 13.9 Å². The summed E-state index contributed by atoms with van der Waals surface area (Å²) in [6.07, 6.45) is 1.92. The molecule has 0 saturated heterocycles. The molecule has 1 atom stereocenters. The topological polar surface area (TPSA) is 86.8 Å². The molecule has 2 amide bonds. The SMILES string of the molecule is CCCCNC(=O)[C@@H](CC)N(Cc1ccc(F)cc1)C(=O)CN(c1cc(Cl)ccc1Cl)S(=O)(=O)c1ccc(C)cc1. The van der Waals surface area contributed by atoms with Gasteiger partial charge in [-0.15, -0.1) is 0 Å². The summed E-state index contributed by atoms with van der Waals surface area (Å²) in [6, 6.07) is 15.2. The first kappa shape index (κ1) is 32.4. The Kier molecular flexibility index (Phi) is 11.6. The van der Waals surface area contributed by atoms with Crippen molar-refractivity contribution in [3.63, 3.8) is 0 Å². The summed E-state index contributed by atoms with van der Waals surface area (Å²) in [5, 5.41) is 3.17. The van der Waals surface area contributed by atoms with E-state index < -0.39 is 34.3 Å². The second-order valence-electron chi connectivity index (χ2n) is 9.64. The number of sulfonamides is 1. The Hall–Kier alpha value is -3.14. The Morgan fingerprint density at radius 2 is 1.63 bits per heavy atom. The molecular weight excluding hydrogens is 588 g/mol. The first-order valence-electron chi connectivity index (χ1n) is 13.3. The molecule has 0 aliphatic heterocycles. The summed E-state index contributed by atoms with van der Waals surface area (Å²) in [5.41, 5.74) is 1.46. The van der Waals surface area contributed by atoms with Crippen molar-refractivity contribution in [1.82, 2.24) is 10.2 Å². The van der Waals surface area contributed by atoms with Gasteiger partial charge in [0.05, 0.1) is 15.6 Å². The van der Waals surface area contributed by atoms with Gasteiger partial charge < -0.3 is 10.2 Å². The van der Waals surface area contributed by atoms with Crippen molar-refractivity contribution in [3.8, 4) is 0 Å². The summed E-state index contributed by atoms with van der Waals surface area (Å²) < 4.78 is 42.4. The van der Waals surface area contributed by atoms with Gasteiger partial charge in [0.25, 0.3) is 10.0 Å². The van der Waals surface area contributed by atoms with Gasteiger partial charge in [-0.25, -0.2) is 12.8 Å². The first-order valence-corrected chi connectivity index (χ1v) is 15.5. The molecule has 41 heavy (non-hydrogen) atoms. The van der Waals surface area contributed by atoms with Gasteiger partial charge in [0, 0.05) is 18.1 Å². The van der Waals surface area contributed by atoms with E-state index in [0.717, 1.165) is 22.7 Å². The van der Waals surface area contributed by atoms with Gasteiger partial charge in [0.15, 0.2) is 0 Å². The van der Waals surface area contributed by atoms with Crippen LogP contribution in [-0.2, 0) is 26.2 Å². The van der Waals surface area contributed by atoms with Crippen molar-refractivity contribution in [2.45, 2.75) is 57.5 Å². The van der Waals surface area contributed by atoms with E-state index in [-0.39, 0.29) is 39.5 Å². The molecule has 0 saturated carbocycles. The minimum Gasteiger partial charge on any atom is -0.354 e. The van der Waals surface area contributed by atoms with E-state index in [1.54, 1.807) is 19.1 Å². The van der Waals surface area contributed by atoms with E-state index >= 15 is 0 Å². The van der Waals surface area contributed by atoms with E-state index in [2.05, 4.69) is 5.32 Å². The molecule has 3 aromatic rings. The molecule has 0 heterocycles. The van der Waals surface area contributed by atoms with Crippen LogP contribution in [0, 0.1) is 12.7 Å². The number of benzene rings is 3. The van der Waals surface area contributed by atoms with Crippen LogP contribution in [0.5, 0.6) is 0 Å². The van der Waals surface area contributed by atoms with Crippen LogP contribution < -0.4 is 9.62 Å². The molecule has 0 fully saturated rings. The Morgan fingerprint density at radius 1 is 0.976 bits per heavy atom. The fourth-order valence-electron chi connectivity index (χ4n) is 4.24. The molecule has 0 bridgehead atoms. The smallest absolute Gasteiger partial charge is 0.264 e. The number of aryl methyl sites for hydroxylation is 1. The number of halogens is 3. The lowest BCUT2D eigenvalue weighted by Gasteiger charge is -2.33. The number of rotatable bonds is 13. The summed E-state index contributed by atoms with van der Waals surface area (Å²) >= 11 is 12.7. The van der Waals surface area contributed by atoms with Gasteiger partial charge >= 0.3 is 0 Å². The van der Waals surface area contributed by atoms with Crippen LogP contribution in [0.15, 0.2) is 71.6 Å². The lowest BCUT2D eigenvalue weighted by molar-refractivity contribution is -0.140. The fraction of sp³-hybridized carbons (Fsp3) is 0.333. The standard InChI is InChI=1S/C30H34Cl2FN3O4S/c1-4-6-17-34-30(38)27(5-2)35(19-22-9-12-24(33)13-10-22)29(37)20-36(28-18-23(31)11-16-26(28)32)41(39,40)25-14-7-21(3)8-15-25/h7-16,18,27H,4-6,17,19-20H2,1-3H3,(H,34,38)/t27-/m1/s1. The molecule has 0 aliphatic carbocycles. The third-order valence-electron chi connectivity index (χ3n) is 6.55. The van der Waals surface area contributed by atoms with E-state index in [1.165, 1.54) is 59.5 Å². The minimum absolute atomic E-state index is 0.0234. The van der Waals surface area contributed by atoms with Crippen LogP contribution in [-0.4, -0.2) is 44.3 Å². The summed E-state index contributed by atoms with van der Waals surface area (Å²) in [5.74, 6) is -1.44. The molecule has 11 heteroatoms. The number of hydrogen-bond acceptors (Lipinski definition) is 4. The predicted octanol–water partition coefficient (Wildman–Crippen LogP) is 6.36. The summed E-state index contributed by atoms with van der Waals surface area (Å²) in [6.45, 7) is 5.34. The number of nitrogens with one attached hydrogen (secondary N) is 1. The van der Waals surface area contributed by atoms with Crippen LogP contribution in [0.1, 0.15) is 44.2 Å². The molecule has 0 radical (unpaired) electrons. The monoisotopic (exact) mass is 621 g/mol. The second-order valence-corrected chi connectivity index (χ2v) is 12.3. The van der Waals surface area contributed by atoms with Crippen molar-refractivity contribution in [1.29, 1.82) is 0 Å². The third-order valence-corrected chi connectivity index (χ3v) is 8.88. The van der Waals surface area contributed by atoms with Gasteiger partial charge in [-0.1, -0.05) is 73.3 Å². The maximum Gasteiger partial charge on any atom is 0.264 e. The van der Waals surface area contributed by atoms with Crippen LogP contribution in [0.25, 0.3) is 0 Å². The van der Waals surface area contributed by atoms with Crippen LogP contribution in [0.3, 0.4) is 0 Å². The highest BCUT2D eigenvalue weighted by Crippen LogP contribution is 2.33. The molecule has 3 rings (SSSR count). The maximum atomic E-state index is 14.1. The molecule has 1 N–H and O–H groups in total. The largest absolute Gasteiger partial charge is 0.354 e. The molecule has 220 valence electrons. The highest BCUT2D eigenvalue weighted by molar-refractivity contribution is 7.92. The molecule has 3 aromatic carbocycles. The normalized spacial score (nSPS) is 12.0. The first-order chi connectivity index (χ1) is 19.5. The van der Waals surface area contributed by atoms with E-state index in [0.29, 0.717) is 12.1 Å². The molecule has 0 aliphatic rings. The van der Waals surface area contributed by atoms with Crippen molar-refractivity contribution in [3.05, 3.63) is 93.7 Å². The van der Waals surface area contributed by atoms with Crippen LogP contribution in [0.4, 0.5) is 10.1 Å². The number of carbonyl (C=O) groups excluding carboxylic acids is 2. The van der Waals surface area contributed by atoms with E-state index in [1.807, 2.05) is 13.8 Å². The van der Waals surface area contributed by atoms with Gasteiger partial charge in [-0.05, 0) is 67.8 Å². The average Bonchev–Trinajstić information content (AvgIpc) is 2.94. The number of anilines is 1. The Labute approximate surface area is 251 Å². The third kappa shape index (κ3) is 8.44. The van der Waals surface area contributed by atoms with Crippen molar-refractivity contribution >= 4 is 50.7 Å². The molecular formula is C30H34Cl2FN3O4S. The lowest BCUT2D eigenvalue weighted by atomic mass is 10.1. The molecule has 7 nitrogen and oxygen atoms in total. The Balaban J connectivity index is 2.07. The highest BCUT2D eigenvalue weighted by atomic mass is 35.5. The quantitative estimate of drug-likeness (QED) is 0.225. The maximum absolute atomic E-state index is 14.1. The average molecular weight is 623 g/mol. The van der Waals surface area contributed by atoms with Gasteiger partial charge in [0.2, 0.25) is 11.8 Å². The number of unbranched alkanes of at least 4 members (excludes halogenated alkanes) is 1. The van der Waals surface area contributed by atoms with Gasteiger partial charge in [-0.2, -0.15) is 0 Å². The Morgan fingerprint density at radius 3 is 2.24 bits per heavy atom. The Bertz CT molecular complexity index is 1450. The molecule has 0 aromatic heterocycles. The number of carbonyl (C=O) groups is 2. The molecule has 0 spiro atoms. The zero-order valence-corrected chi connectivity index (χ0v) is 25.6. The second kappa shape index (κ2) is 14.7. The van der Waals surface area contributed by atoms with E-state index in [4.69, 9.17) is 23.2 Å². The lowest BCUT2D eigenvalue weighted by Crippen LogP contribution is -2.52. The van der Waals surface area contributed by atoms with Gasteiger partial charge in [0.1, 0.15) is 18.4 Å². The summed E-state index contributed by atoms with van der Waals surface area (Å²) in [7, 11) is -4.29. The number of nitrogens with zero attached hydrogens (tertiary/aromatic N) is 2. The summed E-state index contributed by atoms with van der Waals surface area (Å²) in [4.78, 5) is 28.5. The fourth-order valence-corrected chi connectivity index (χ4v) is 6.10. The highest BCUT2D eigenvalue weighted by Gasteiger charge is 2.34. The van der Waals surface area contributed by atoms with Crippen molar-refractivity contribution in [2.24, 2.45) is 0 Å². The van der Waals surface area contributed by atoms with Crippen LogP contribution in [0.2, 0.25) is 10.0 Å². The van der Waals surface area contributed by atoms with E-state index in [9.17, 15) is 22.4 Å². The van der Waals surface area contributed by atoms with Crippen molar-refractivity contribution in [2.75, 3.05) is 17.4 Å². The van der Waals surface area contributed by atoms with Crippen molar-refractivity contribution < 1.29 is 22.4 Å². The number of amides is 2. The molecule has 0 unspecified atom stereocenters. The zero-order chi connectivity index (χ0) is 30.2. The minimum atomic E-state index is -4.29. The number of hydrogen-bond donors (Lipinski definition) is 1.